The normalized spacial score (nSPS) is 20.2. The summed E-state index contributed by atoms with van der Waals surface area (Å²) in [4.78, 5) is 35.8. The third-order valence-electron chi connectivity index (χ3n) is 8.62. The van der Waals surface area contributed by atoms with Crippen LogP contribution in [-0.4, -0.2) is 82.1 Å². The number of anilines is 1. The number of halogens is 4. The highest BCUT2D eigenvalue weighted by molar-refractivity contribution is 7.90. The zero-order chi connectivity index (χ0) is 37.4. The lowest BCUT2D eigenvalue weighted by atomic mass is 9.94. The van der Waals surface area contributed by atoms with E-state index in [1.54, 1.807) is 11.0 Å². The minimum Gasteiger partial charge on any atom is -0.477 e. The Labute approximate surface area is 299 Å². The van der Waals surface area contributed by atoms with Crippen molar-refractivity contribution >= 4 is 39.4 Å². The third kappa shape index (κ3) is 9.81. The van der Waals surface area contributed by atoms with Crippen LogP contribution in [0.2, 0.25) is 5.15 Å². The van der Waals surface area contributed by atoms with Gasteiger partial charge in [-0.3, -0.25) is 4.79 Å². The number of carbonyl (C=O) groups excluding carboxylic acids is 2. The number of hydrogen-bond donors (Lipinski definition) is 2. The molecule has 2 fully saturated rings. The smallest absolute Gasteiger partial charge is 0.410 e. The number of nitrogens with one attached hydrogen (secondary N) is 2. The molecule has 1 saturated heterocycles. The summed E-state index contributed by atoms with van der Waals surface area (Å²) in [6, 6.07) is 8.52. The fraction of sp³-hybridized carbons (Fsp3) is 0.545. The summed E-state index contributed by atoms with van der Waals surface area (Å²) in [6.07, 6.45) is -1.23. The number of likely N-dealkylation sites (tertiary alicyclic amines) is 1. The van der Waals surface area contributed by atoms with Gasteiger partial charge in [0.15, 0.2) is 10.8 Å². The van der Waals surface area contributed by atoms with Gasteiger partial charge in [0.2, 0.25) is 5.88 Å². The number of rotatable bonds is 12. The van der Waals surface area contributed by atoms with E-state index >= 15 is 0 Å². The number of nitrogens with zero attached hydrogens (tertiary/aromatic N) is 5. The van der Waals surface area contributed by atoms with Crippen LogP contribution in [-0.2, 0) is 14.8 Å². The Morgan fingerprint density at radius 2 is 1.82 bits per heavy atom. The molecule has 5 rings (SSSR count). The Morgan fingerprint density at radius 1 is 1.08 bits per heavy atom. The molecule has 2 amide bonds. The first-order valence-corrected chi connectivity index (χ1v) is 18.3. The first kappa shape index (κ1) is 38.1. The van der Waals surface area contributed by atoms with E-state index in [1.807, 2.05) is 39.3 Å². The van der Waals surface area contributed by atoms with Gasteiger partial charge in [-0.1, -0.05) is 17.7 Å². The van der Waals surface area contributed by atoms with Crippen molar-refractivity contribution in [1.29, 1.82) is 0 Å². The van der Waals surface area contributed by atoms with Gasteiger partial charge in [-0.25, -0.2) is 24.2 Å². The predicted octanol–water partition coefficient (Wildman–Crippen LogP) is 6.24. The molecule has 1 aliphatic carbocycles. The van der Waals surface area contributed by atoms with Gasteiger partial charge >= 0.3 is 12.3 Å². The number of ether oxygens (including phenoxy) is 2. The lowest BCUT2D eigenvalue weighted by Gasteiger charge is -2.33. The van der Waals surface area contributed by atoms with Crippen molar-refractivity contribution in [3.05, 3.63) is 53.3 Å². The molecule has 51 heavy (non-hydrogen) atoms. The summed E-state index contributed by atoms with van der Waals surface area (Å²) in [5, 5.41) is 6.62. The zero-order valence-electron chi connectivity index (χ0n) is 28.8. The van der Waals surface area contributed by atoms with Crippen LogP contribution < -0.4 is 14.8 Å². The lowest BCUT2D eigenvalue weighted by Crippen LogP contribution is -2.45. The molecule has 1 saturated carbocycles. The van der Waals surface area contributed by atoms with Crippen molar-refractivity contribution in [1.82, 2.24) is 29.4 Å². The fourth-order valence-electron chi connectivity index (χ4n) is 6.03. The van der Waals surface area contributed by atoms with Crippen LogP contribution in [0.4, 0.5) is 23.8 Å². The van der Waals surface area contributed by atoms with Gasteiger partial charge < -0.3 is 19.7 Å². The van der Waals surface area contributed by atoms with Crippen molar-refractivity contribution in [2.45, 2.75) is 82.6 Å². The van der Waals surface area contributed by atoms with Gasteiger partial charge in [-0.2, -0.15) is 21.6 Å². The van der Waals surface area contributed by atoms with Crippen molar-refractivity contribution in [2.75, 3.05) is 25.0 Å². The molecule has 0 bridgehead atoms. The highest BCUT2D eigenvalue weighted by Gasteiger charge is 2.55. The Hall–Kier alpha value is -4.12. The van der Waals surface area contributed by atoms with Gasteiger partial charge in [-0.05, 0) is 96.4 Å². The predicted molar refractivity (Wildman–Crippen MR) is 181 cm³/mol. The van der Waals surface area contributed by atoms with E-state index in [2.05, 4.69) is 20.4 Å². The number of aromatic nitrogens is 4. The first-order valence-electron chi connectivity index (χ1n) is 16.4. The molecule has 0 aromatic carbocycles. The third-order valence-corrected chi connectivity index (χ3v) is 10.1. The maximum Gasteiger partial charge on any atom is 0.410 e. The molecule has 3 atom stereocenters. The van der Waals surface area contributed by atoms with E-state index < -0.39 is 39.5 Å². The average molecular weight is 756 g/mol. The molecule has 2 aliphatic rings. The quantitative estimate of drug-likeness (QED) is 0.203. The van der Waals surface area contributed by atoms with Crippen LogP contribution in [0.1, 0.15) is 70.7 Å². The van der Waals surface area contributed by atoms with E-state index in [1.165, 1.54) is 41.2 Å². The number of alkyl halides is 3. The Balaban J connectivity index is 1.13. The molecular formula is C33H41ClF3N7O6S. The average Bonchev–Trinajstić information content (AvgIpc) is 3.54. The monoisotopic (exact) mass is 755 g/mol. The van der Waals surface area contributed by atoms with Crippen molar-refractivity contribution < 1.29 is 40.7 Å². The maximum absolute atomic E-state index is 13.1. The van der Waals surface area contributed by atoms with Gasteiger partial charge in [0.05, 0.1) is 18.1 Å². The van der Waals surface area contributed by atoms with Crippen LogP contribution in [0.15, 0.2) is 47.6 Å². The van der Waals surface area contributed by atoms with Crippen LogP contribution in [0.5, 0.6) is 5.88 Å². The van der Waals surface area contributed by atoms with E-state index in [0.717, 1.165) is 6.42 Å². The minimum absolute atomic E-state index is 0.0685. The number of carbonyl (C=O) groups is 2. The van der Waals surface area contributed by atoms with Crippen LogP contribution in [0.25, 0.3) is 5.82 Å². The van der Waals surface area contributed by atoms with Crippen molar-refractivity contribution in [3.8, 4) is 11.7 Å². The highest BCUT2D eigenvalue weighted by Crippen LogP contribution is 2.51. The molecule has 0 spiro atoms. The summed E-state index contributed by atoms with van der Waals surface area (Å²) < 4.78 is 78.7. The summed E-state index contributed by atoms with van der Waals surface area (Å²) in [6.45, 7) is 10.5. The summed E-state index contributed by atoms with van der Waals surface area (Å²) in [7, 11) is -4.41. The Bertz CT molecular complexity index is 1870. The molecule has 18 heteroatoms. The molecule has 13 nitrogen and oxygen atoms in total. The van der Waals surface area contributed by atoms with Crippen LogP contribution in [0, 0.1) is 17.8 Å². The zero-order valence-corrected chi connectivity index (χ0v) is 30.4. The highest BCUT2D eigenvalue weighted by atomic mass is 35.5. The van der Waals surface area contributed by atoms with Crippen LogP contribution in [0.3, 0.4) is 0 Å². The summed E-state index contributed by atoms with van der Waals surface area (Å²) in [5.41, 5.74) is -1.19. The second kappa shape index (κ2) is 14.5. The molecule has 278 valence electrons. The van der Waals surface area contributed by atoms with Gasteiger partial charge in [-0.15, -0.1) is 5.10 Å². The number of amides is 2. The largest absolute Gasteiger partial charge is 0.477 e. The Kier molecular flexibility index (Phi) is 10.8. The molecule has 3 unspecified atom stereocenters. The van der Waals surface area contributed by atoms with E-state index in [0.29, 0.717) is 19.5 Å². The standard InChI is InChI=1S/C33H41ClF3N7O6S/c1-31(2,3)50-30(46)43-19-20(18-32(43,4)5)11-14-38-24-7-6-8-27(39-24)51(47,48)42-29(45)22-9-10-25(40-28(22)34)44-15-12-26(41-44)49-16-13-21-17-23(21)33(35,36)37/h6-10,12,15,20-21,23H,11,13-14,16-19H2,1-5H3,(H,38,39)(H,42,45). The molecule has 1 aliphatic heterocycles. The van der Waals surface area contributed by atoms with E-state index in [-0.39, 0.29) is 70.3 Å². The van der Waals surface area contributed by atoms with Gasteiger partial charge in [0.1, 0.15) is 16.6 Å². The molecule has 3 aromatic heterocycles. The topological polar surface area (TPSA) is 158 Å². The maximum atomic E-state index is 13.1. The lowest BCUT2D eigenvalue weighted by molar-refractivity contribution is -0.151. The molecular weight excluding hydrogens is 715 g/mol. The van der Waals surface area contributed by atoms with Crippen molar-refractivity contribution in [3.63, 3.8) is 0 Å². The number of sulfonamides is 1. The SMILES string of the molecule is CC(C)(C)OC(=O)N1CC(CCNc2cccc(S(=O)(=O)NC(=O)c3ccc(-n4ccc(OCCC5CC5C(F)(F)F)n4)nc3Cl)n2)CC1(C)C. The number of pyridine rings is 2. The molecule has 2 N–H and O–H groups in total. The summed E-state index contributed by atoms with van der Waals surface area (Å²) in [5.74, 6) is -1.92. The molecule has 4 heterocycles. The first-order chi connectivity index (χ1) is 23.7. The van der Waals surface area contributed by atoms with Crippen molar-refractivity contribution in [2.24, 2.45) is 17.8 Å². The second-order valence-electron chi connectivity index (χ2n) is 14.4. The minimum atomic E-state index is -4.41. The summed E-state index contributed by atoms with van der Waals surface area (Å²) >= 11 is 6.25. The number of hydrogen-bond acceptors (Lipinski definition) is 10. The molecule has 3 aromatic rings. The van der Waals surface area contributed by atoms with E-state index in [4.69, 9.17) is 21.1 Å². The van der Waals surface area contributed by atoms with Crippen LogP contribution >= 0.6 is 11.6 Å². The Morgan fingerprint density at radius 3 is 2.49 bits per heavy atom. The molecule has 0 radical (unpaired) electrons. The van der Waals surface area contributed by atoms with Gasteiger partial charge in [0.25, 0.3) is 15.9 Å². The second-order valence-corrected chi connectivity index (χ2v) is 16.4. The fourth-order valence-corrected chi connectivity index (χ4v) is 7.20. The van der Waals surface area contributed by atoms with Gasteiger partial charge in [0, 0.05) is 30.9 Å². The van der Waals surface area contributed by atoms with E-state index in [9.17, 15) is 31.2 Å².